The Hall–Kier alpha value is -4.39. The van der Waals surface area contributed by atoms with Crippen LogP contribution in [0.1, 0.15) is 26.4 Å². The van der Waals surface area contributed by atoms with Gasteiger partial charge >= 0.3 is 5.97 Å². The summed E-state index contributed by atoms with van der Waals surface area (Å²) in [5.74, 6) is -1.31. The van der Waals surface area contributed by atoms with Gasteiger partial charge in [-0.2, -0.15) is 5.10 Å². The zero-order valence-electron chi connectivity index (χ0n) is 15.8. The normalized spacial score (nSPS) is 10.9. The molecule has 2 aromatic heterocycles. The minimum Gasteiger partial charge on any atom is -0.478 e. The first-order valence-electron chi connectivity index (χ1n) is 9.20. The number of carbonyl (C=O) groups excluding carboxylic acids is 1. The summed E-state index contributed by atoms with van der Waals surface area (Å²) in [5, 5.41) is 13.2. The minimum atomic E-state index is -0.991. The van der Waals surface area contributed by atoms with Gasteiger partial charge in [0.05, 0.1) is 17.5 Å². The first kappa shape index (κ1) is 18.9. The van der Waals surface area contributed by atoms with E-state index in [1.54, 1.807) is 41.1 Å². The Balaban J connectivity index is 1.45. The number of amides is 1. The van der Waals surface area contributed by atoms with E-state index in [0.29, 0.717) is 16.9 Å². The molecule has 2 heterocycles. The van der Waals surface area contributed by atoms with Crippen LogP contribution in [0.4, 0.5) is 0 Å². The van der Waals surface area contributed by atoms with Crippen LogP contribution in [0.15, 0.2) is 96.5 Å². The Bertz CT molecular complexity index is 1210. The summed E-state index contributed by atoms with van der Waals surface area (Å²) in [4.78, 5) is 23.5. The number of hydrogen-bond donors (Lipinski definition) is 2. The van der Waals surface area contributed by atoms with Crippen molar-refractivity contribution in [3.05, 3.63) is 108 Å². The van der Waals surface area contributed by atoms with E-state index in [9.17, 15) is 14.7 Å². The average Bonchev–Trinajstić information content (AvgIpc) is 3.46. The van der Waals surface area contributed by atoms with Crippen molar-refractivity contribution in [2.75, 3.05) is 0 Å². The largest absolute Gasteiger partial charge is 0.478 e. The molecule has 0 saturated heterocycles. The van der Waals surface area contributed by atoms with Crippen LogP contribution in [0.3, 0.4) is 0 Å². The van der Waals surface area contributed by atoms with Crippen LogP contribution in [0.2, 0.25) is 0 Å². The summed E-state index contributed by atoms with van der Waals surface area (Å²) in [7, 11) is 0. The summed E-state index contributed by atoms with van der Waals surface area (Å²) < 4.78 is 3.74. The average molecular weight is 398 g/mol. The monoisotopic (exact) mass is 398 g/mol. The molecule has 0 spiro atoms. The van der Waals surface area contributed by atoms with Crippen LogP contribution < -0.4 is 5.43 Å². The van der Waals surface area contributed by atoms with E-state index in [2.05, 4.69) is 10.5 Å². The predicted molar refractivity (Wildman–Crippen MR) is 114 cm³/mol. The Morgan fingerprint density at radius 1 is 0.833 bits per heavy atom. The van der Waals surface area contributed by atoms with Gasteiger partial charge in [-0.15, -0.1) is 0 Å². The maximum absolute atomic E-state index is 12.3. The van der Waals surface area contributed by atoms with Crippen LogP contribution in [0.5, 0.6) is 0 Å². The summed E-state index contributed by atoms with van der Waals surface area (Å²) in [5.41, 5.74) is 5.55. The number of hydrazone groups is 1. The molecule has 0 atom stereocenters. The number of nitrogens with zero attached hydrogens (tertiary/aromatic N) is 3. The highest BCUT2D eigenvalue weighted by Crippen LogP contribution is 2.14. The summed E-state index contributed by atoms with van der Waals surface area (Å²) in [6.45, 7) is 0. The van der Waals surface area contributed by atoms with Crippen molar-refractivity contribution in [2.45, 2.75) is 0 Å². The van der Waals surface area contributed by atoms with E-state index in [1.165, 1.54) is 12.3 Å². The van der Waals surface area contributed by atoms with Crippen LogP contribution in [-0.4, -0.2) is 32.3 Å². The second-order valence-electron chi connectivity index (χ2n) is 6.49. The molecule has 30 heavy (non-hydrogen) atoms. The molecular formula is C23H18N4O3. The molecule has 2 N–H and O–H groups in total. The lowest BCUT2D eigenvalue weighted by molar-refractivity contribution is 0.0696. The van der Waals surface area contributed by atoms with Crippen LogP contribution >= 0.6 is 0 Å². The minimum absolute atomic E-state index is 0.195. The Morgan fingerprint density at radius 2 is 1.60 bits per heavy atom. The Morgan fingerprint density at radius 3 is 2.33 bits per heavy atom. The van der Waals surface area contributed by atoms with Gasteiger partial charge in [-0.1, -0.05) is 6.07 Å². The molecule has 0 aliphatic carbocycles. The number of aromatic nitrogens is 2. The van der Waals surface area contributed by atoms with Gasteiger partial charge < -0.3 is 14.2 Å². The van der Waals surface area contributed by atoms with Gasteiger partial charge in [0.2, 0.25) is 0 Å². The SMILES string of the molecule is O=C(O)c1cccc(-n2cccc2/C=N/NC(=O)c2ccc(-n3cccc3)cc2)c1. The summed E-state index contributed by atoms with van der Waals surface area (Å²) in [6, 6.07) is 21.3. The van der Waals surface area contributed by atoms with Crippen molar-refractivity contribution in [3.63, 3.8) is 0 Å². The molecule has 0 radical (unpaired) electrons. The molecule has 0 saturated carbocycles. The number of hydrogen-bond acceptors (Lipinski definition) is 3. The second-order valence-corrected chi connectivity index (χ2v) is 6.49. The number of benzene rings is 2. The van der Waals surface area contributed by atoms with E-state index in [1.807, 2.05) is 53.4 Å². The fraction of sp³-hybridized carbons (Fsp3) is 0. The highest BCUT2D eigenvalue weighted by atomic mass is 16.4. The zero-order valence-corrected chi connectivity index (χ0v) is 15.8. The molecule has 4 rings (SSSR count). The first-order valence-corrected chi connectivity index (χ1v) is 9.20. The molecule has 0 aliphatic heterocycles. The molecule has 4 aromatic rings. The van der Waals surface area contributed by atoms with Crippen molar-refractivity contribution in [2.24, 2.45) is 5.10 Å². The lowest BCUT2D eigenvalue weighted by Gasteiger charge is -2.07. The fourth-order valence-corrected chi connectivity index (χ4v) is 3.04. The smallest absolute Gasteiger partial charge is 0.335 e. The number of nitrogens with one attached hydrogen (secondary N) is 1. The standard InChI is InChI=1S/C23H18N4O3/c28-22(17-8-10-19(11-9-17)26-12-1-2-13-26)25-24-16-21-7-4-14-27(21)20-6-3-5-18(15-20)23(29)30/h1-16H,(H,25,28)(H,29,30)/b24-16+. The second kappa shape index (κ2) is 8.32. The van der Waals surface area contributed by atoms with Gasteiger partial charge in [0, 0.05) is 35.5 Å². The van der Waals surface area contributed by atoms with Gasteiger partial charge in [-0.25, -0.2) is 10.2 Å². The predicted octanol–water partition coefficient (Wildman–Crippen LogP) is 3.73. The van der Waals surface area contributed by atoms with Crippen LogP contribution in [-0.2, 0) is 0 Å². The van der Waals surface area contributed by atoms with Crippen molar-refractivity contribution in [1.29, 1.82) is 0 Å². The number of carboxylic acids is 1. The van der Waals surface area contributed by atoms with Crippen LogP contribution in [0, 0.1) is 0 Å². The van der Waals surface area contributed by atoms with Crippen molar-refractivity contribution >= 4 is 18.1 Å². The number of aromatic carboxylic acids is 1. The maximum atomic E-state index is 12.3. The van der Waals surface area contributed by atoms with Crippen molar-refractivity contribution < 1.29 is 14.7 Å². The number of carbonyl (C=O) groups is 2. The fourth-order valence-electron chi connectivity index (χ4n) is 3.04. The third-order valence-electron chi connectivity index (χ3n) is 4.55. The van der Waals surface area contributed by atoms with E-state index < -0.39 is 5.97 Å². The highest BCUT2D eigenvalue weighted by Gasteiger charge is 2.07. The molecular weight excluding hydrogens is 380 g/mol. The number of carboxylic acid groups (broad SMARTS) is 1. The number of rotatable bonds is 6. The van der Waals surface area contributed by atoms with Gasteiger partial charge in [0.15, 0.2) is 0 Å². The van der Waals surface area contributed by atoms with Gasteiger partial charge in [0.1, 0.15) is 0 Å². The van der Waals surface area contributed by atoms with E-state index in [-0.39, 0.29) is 11.5 Å². The van der Waals surface area contributed by atoms with Gasteiger partial charge in [0.25, 0.3) is 5.91 Å². The van der Waals surface area contributed by atoms with Gasteiger partial charge in [-0.3, -0.25) is 4.79 Å². The van der Waals surface area contributed by atoms with E-state index in [0.717, 1.165) is 5.69 Å². The molecule has 0 fully saturated rings. The third-order valence-corrected chi connectivity index (χ3v) is 4.55. The molecule has 7 nitrogen and oxygen atoms in total. The van der Waals surface area contributed by atoms with Crippen LogP contribution in [0.25, 0.3) is 11.4 Å². The zero-order chi connectivity index (χ0) is 20.9. The molecule has 1 amide bonds. The van der Waals surface area contributed by atoms with Crippen molar-refractivity contribution in [1.82, 2.24) is 14.6 Å². The maximum Gasteiger partial charge on any atom is 0.335 e. The lowest BCUT2D eigenvalue weighted by Crippen LogP contribution is -2.17. The first-order chi connectivity index (χ1) is 14.6. The lowest BCUT2D eigenvalue weighted by atomic mass is 10.2. The molecule has 2 aromatic carbocycles. The van der Waals surface area contributed by atoms with E-state index >= 15 is 0 Å². The third kappa shape index (κ3) is 4.05. The Labute approximate surface area is 172 Å². The van der Waals surface area contributed by atoms with Crippen molar-refractivity contribution in [3.8, 4) is 11.4 Å². The van der Waals surface area contributed by atoms with Gasteiger partial charge in [-0.05, 0) is 66.7 Å². The molecule has 0 bridgehead atoms. The molecule has 0 unspecified atom stereocenters. The van der Waals surface area contributed by atoms with E-state index in [4.69, 9.17) is 0 Å². The topological polar surface area (TPSA) is 88.6 Å². The Kier molecular flexibility index (Phi) is 5.25. The summed E-state index contributed by atoms with van der Waals surface area (Å²) >= 11 is 0. The molecule has 0 aliphatic rings. The summed E-state index contributed by atoms with van der Waals surface area (Å²) in [6.07, 6.45) is 7.17. The molecule has 7 heteroatoms. The quantitative estimate of drug-likeness (QED) is 0.383. The molecule has 148 valence electrons. The highest BCUT2D eigenvalue weighted by molar-refractivity contribution is 5.95.